The number of amides is 2. The quantitative estimate of drug-likeness (QED) is 0.556. The standard InChI is InChI=1S/C20H18BrClN4O2S/c1-11(18-24-16-5-3-13(22)9-17(16)25-18)23-19(27)12-2-4-14(15(21)8-12)20(28)26-6-7-29-10-26/h2-5,8-9,11H,6-7,10H2,1H3,(H,23,27)(H,24,25). The topological polar surface area (TPSA) is 78.1 Å². The lowest BCUT2D eigenvalue weighted by Crippen LogP contribution is -2.29. The van der Waals surface area contributed by atoms with Crippen LogP contribution in [0.25, 0.3) is 11.0 Å². The van der Waals surface area contributed by atoms with Crippen molar-refractivity contribution in [3.8, 4) is 0 Å². The summed E-state index contributed by atoms with van der Waals surface area (Å²) in [4.78, 5) is 34.8. The van der Waals surface area contributed by atoms with E-state index in [2.05, 4.69) is 31.2 Å². The molecule has 4 rings (SSSR count). The van der Waals surface area contributed by atoms with Crippen molar-refractivity contribution in [1.29, 1.82) is 0 Å². The van der Waals surface area contributed by atoms with Crippen LogP contribution in [-0.4, -0.2) is 44.9 Å². The van der Waals surface area contributed by atoms with Crippen molar-refractivity contribution in [3.63, 3.8) is 0 Å². The molecule has 150 valence electrons. The molecule has 1 aliphatic heterocycles. The maximum absolute atomic E-state index is 12.7. The summed E-state index contributed by atoms with van der Waals surface area (Å²) in [5.41, 5.74) is 2.64. The molecule has 1 aromatic heterocycles. The summed E-state index contributed by atoms with van der Waals surface area (Å²) in [5.74, 6) is 2.03. The van der Waals surface area contributed by atoms with E-state index in [4.69, 9.17) is 11.6 Å². The van der Waals surface area contributed by atoms with Crippen molar-refractivity contribution in [2.45, 2.75) is 13.0 Å². The van der Waals surface area contributed by atoms with Gasteiger partial charge in [0.2, 0.25) is 0 Å². The third-order valence-corrected chi connectivity index (χ3v) is 6.58. The fourth-order valence-corrected chi connectivity index (χ4v) is 4.80. The van der Waals surface area contributed by atoms with Gasteiger partial charge in [-0.05, 0) is 59.3 Å². The van der Waals surface area contributed by atoms with Crippen LogP contribution < -0.4 is 5.32 Å². The second kappa shape index (κ2) is 8.38. The second-order valence-electron chi connectivity index (χ2n) is 6.78. The predicted molar refractivity (Wildman–Crippen MR) is 119 cm³/mol. The molecular formula is C20H18BrClN4O2S. The molecule has 1 atom stereocenters. The maximum atomic E-state index is 12.7. The number of nitrogens with zero attached hydrogens (tertiary/aromatic N) is 2. The molecule has 0 aliphatic carbocycles. The molecule has 1 saturated heterocycles. The molecule has 29 heavy (non-hydrogen) atoms. The van der Waals surface area contributed by atoms with Gasteiger partial charge < -0.3 is 15.2 Å². The smallest absolute Gasteiger partial charge is 0.255 e. The highest BCUT2D eigenvalue weighted by Crippen LogP contribution is 2.24. The first-order valence-corrected chi connectivity index (χ1v) is 11.4. The lowest BCUT2D eigenvalue weighted by molar-refractivity contribution is 0.0801. The van der Waals surface area contributed by atoms with E-state index in [1.54, 1.807) is 47.0 Å². The van der Waals surface area contributed by atoms with Crippen LogP contribution >= 0.6 is 39.3 Å². The fraction of sp³-hybridized carbons (Fsp3) is 0.250. The van der Waals surface area contributed by atoms with Gasteiger partial charge >= 0.3 is 0 Å². The average Bonchev–Trinajstić information content (AvgIpc) is 3.36. The molecule has 2 aromatic carbocycles. The highest BCUT2D eigenvalue weighted by molar-refractivity contribution is 9.10. The Kier molecular flexibility index (Phi) is 5.85. The zero-order valence-corrected chi connectivity index (χ0v) is 18.7. The number of aromatic nitrogens is 2. The first kappa shape index (κ1) is 20.3. The summed E-state index contributed by atoms with van der Waals surface area (Å²) in [6, 6.07) is 10.1. The Balaban J connectivity index is 1.48. The molecule has 9 heteroatoms. The van der Waals surface area contributed by atoms with Gasteiger partial charge in [-0.1, -0.05) is 11.6 Å². The highest BCUT2D eigenvalue weighted by Gasteiger charge is 2.23. The molecular weight excluding hydrogens is 476 g/mol. The number of imidazole rings is 1. The van der Waals surface area contributed by atoms with Crippen molar-refractivity contribution >= 4 is 62.1 Å². The van der Waals surface area contributed by atoms with Gasteiger partial charge in [0.15, 0.2) is 0 Å². The fourth-order valence-electron chi connectivity index (χ4n) is 3.13. The van der Waals surface area contributed by atoms with E-state index in [-0.39, 0.29) is 17.9 Å². The van der Waals surface area contributed by atoms with E-state index >= 15 is 0 Å². The first-order chi connectivity index (χ1) is 13.9. The van der Waals surface area contributed by atoms with Gasteiger partial charge in [-0.2, -0.15) is 0 Å². The number of rotatable bonds is 4. The van der Waals surface area contributed by atoms with Crippen LogP contribution in [0, 0.1) is 0 Å². The van der Waals surface area contributed by atoms with Gasteiger partial charge in [-0.3, -0.25) is 9.59 Å². The lowest BCUT2D eigenvalue weighted by atomic mass is 10.1. The summed E-state index contributed by atoms with van der Waals surface area (Å²) in [7, 11) is 0. The van der Waals surface area contributed by atoms with Gasteiger partial charge in [0.1, 0.15) is 5.82 Å². The van der Waals surface area contributed by atoms with E-state index in [0.29, 0.717) is 32.3 Å². The van der Waals surface area contributed by atoms with E-state index in [1.165, 1.54) is 0 Å². The SMILES string of the molecule is CC(NC(=O)c1ccc(C(=O)N2CCSC2)c(Br)c1)c1nc2ccc(Cl)cc2[nH]1. The summed E-state index contributed by atoms with van der Waals surface area (Å²) in [5, 5.41) is 3.56. The normalized spacial score (nSPS) is 14.9. The number of carbonyl (C=O) groups is 2. The number of benzene rings is 2. The molecule has 1 unspecified atom stereocenters. The number of hydrogen-bond acceptors (Lipinski definition) is 4. The minimum atomic E-state index is -0.324. The van der Waals surface area contributed by atoms with Gasteiger partial charge in [0, 0.05) is 27.4 Å². The molecule has 0 spiro atoms. The third-order valence-electron chi connectivity index (χ3n) is 4.72. The summed E-state index contributed by atoms with van der Waals surface area (Å²) in [6.45, 7) is 2.60. The van der Waals surface area contributed by atoms with E-state index < -0.39 is 0 Å². The zero-order valence-electron chi connectivity index (χ0n) is 15.5. The van der Waals surface area contributed by atoms with E-state index in [0.717, 1.165) is 23.3 Å². The van der Waals surface area contributed by atoms with Crippen LogP contribution in [0.4, 0.5) is 0 Å². The number of hydrogen-bond donors (Lipinski definition) is 2. The summed E-state index contributed by atoms with van der Waals surface area (Å²) in [6.07, 6.45) is 0. The average molecular weight is 494 g/mol. The number of nitrogens with one attached hydrogen (secondary N) is 2. The van der Waals surface area contributed by atoms with Crippen LogP contribution in [0.3, 0.4) is 0 Å². The second-order valence-corrected chi connectivity index (χ2v) is 9.14. The lowest BCUT2D eigenvalue weighted by Gasteiger charge is -2.16. The van der Waals surface area contributed by atoms with Gasteiger partial charge in [0.05, 0.1) is 28.5 Å². The minimum absolute atomic E-state index is 0.0249. The number of fused-ring (bicyclic) bond motifs is 1. The Hall–Kier alpha value is -2.03. The van der Waals surface area contributed by atoms with Gasteiger partial charge in [-0.15, -0.1) is 11.8 Å². The molecule has 0 bridgehead atoms. The van der Waals surface area contributed by atoms with Crippen molar-refractivity contribution in [1.82, 2.24) is 20.2 Å². The molecule has 2 N–H and O–H groups in total. The van der Waals surface area contributed by atoms with Gasteiger partial charge in [-0.25, -0.2) is 4.98 Å². The number of aromatic amines is 1. The molecule has 6 nitrogen and oxygen atoms in total. The number of thioether (sulfide) groups is 1. The van der Waals surface area contributed by atoms with Crippen LogP contribution in [0.2, 0.25) is 5.02 Å². The van der Waals surface area contributed by atoms with Gasteiger partial charge in [0.25, 0.3) is 11.8 Å². The van der Waals surface area contributed by atoms with Crippen LogP contribution in [0.5, 0.6) is 0 Å². The molecule has 2 amide bonds. The van der Waals surface area contributed by atoms with Crippen LogP contribution in [-0.2, 0) is 0 Å². The van der Waals surface area contributed by atoms with Crippen LogP contribution in [0.15, 0.2) is 40.9 Å². The van der Waals surface area contributed by atoms with E-state index in [9.17, 15) is 9.59 Å². The van der Waals surface area contributed by atoms with Crippen molar-refractivity contribution in [2.75, 3.05) is 18.2 Å². The molecule has 1 fully saturated rings. The maximum Gasteiger partial charge on any atom is 0.255 e. The Morgan fingerprint density at radius 1 is 1.31 bits per heavy atom. The molecule has 2 heterocycles. The first-order valence-electron chi connectivity index (χ1n) is 9.05. The predicted octanol–water partition coefficient (Wildman–Crippen LogP) is 4.62. The molecule has 0 radical (unpaired) electrons. The monoisotopic (exact) mass is 492 g/mol. The van der Waals surface area contributed by atoms with Crippen molar-refractivity contribution < 1.29 is 9.59 Å². The zero-order chi connectivity index (χ0) is 20.5. The van der Waals surface area contributed by atoms with E-state index in [1.807, 2.05) is 13.0 Å². The number of carbonyl (C=O) groups excluding carboxylic acids is 2. The number of H-pyrrole nitrogens is 1. The summed E-state index contributed by atoms with van der Waals surface area (Å²) < 4.78 is 0.609. The molecule has 3 aromatic rings. The summed E-state index contributed by atoms with van der Waals surface area (Å²) >= 11 is 11.2. The van der Waals surface area contributed by atoms with Crippen LogP contribution in [0.1, 0.15) is 39.5 Å². The Morgan fingerprint density at radius 3 is 2.86 bits per heavy atom. The third kappa shape index (κ3) is 4.29. The molecule has 1 aliphatic rings. The molecule has 0 saturated carbocycles. The van der Waals surface area contributed by atoms with Crippen molar-refractivity contribution in [2.24, 2.45) is 0 Å². The largest absolute Gasteiger partial charge is 0.342 e. The minimum Gasteiger partial charge on any atom is -0.342 e. The highest BCUT2D eigenvalue weighted by atomic mass is 79.9. The number of halogens is 2. The Morgan fingerprint density at radius 2 is 2.14 bits per heavy atom. The van der Waals surface area contributed by atoms with Crippen molar-refractivity contribution in [3.05, 3.63) is 62.8 Å². The Bertz CT molecular complexity index is 1100. The Labute approximate surface area is 185 Å².